The van der Waals surface area contributed by atoms with Gasteiger partial charge in [-0.05, 0) is 68.5 Å². The molecule has 2 aliphatic rings. The number of anilines is 1. The van der Waals surface area contributed by atoms with Crippen LogP contribution in [0.15, 0.2) is 48.7 Å². The van der Waals surface area contributed by atoms with Crippen molar-refractivity contribution in [1.82, 2.24) is 15.8 Å². The van der Waals surface area contributed by atoms with Crippen molar-refractivity contribution in [1.29, 1.82) is 0 Å². The minimum atomic E-state index is -0.295. The monoisotopic (exact) mass is 352 g/mol. The summed E-state index contributed by atoms with van der Waals surface area (Å²) in [5.41, 5.74) is 7.91. The Morgan fingerprint density at radius 3 is 2.62 bits per heavy atom. The van der Waals surface area contributed by atoms with E-state index in [9.17, 15) is 4.79 Å². The summed E-state index contributed by atoms with van der Waals surface area (Å²) >= 11 is 0. The summed E-state index contributed by atoms with van der Waals surface area (Å²) in [6.07, 6.45) is 7.53. The minimum absolute atomic E-state index is 0.0362. The third-order valence-electron chi connectivity index (χ3n) is 4.99. The van der Waals surface area contributed by atoms with E-state index in [4.69, 9.17) is 4.74 Å². The molecule has 4 rings (SSSR count). The van der Waals surface area contributed by atoms with Gasteiger partial charge in [0.1, 0.15) is 11.8 Å². The molecule has 2 atom stereocenters. The molecule has 6 heteroatoms. The zero-order chi connectivity index (χ0) is 17.8. The first-order valence-electron chi connectivity index (χ1n) is 9.27. The first-order valence-corrected chi connectivity index (χ1v) is 9.27. The Kier molecular flexibility index (Phi) is 5.13. The van der Waals surface area contributed by atoms with Crippen LogP contribution in [0, 0.1) is 0 Å². The molecule has 0 spiro atoms. The van der Waals surface area contributed by atoms with Crippen molar-refractivity contribution in [2.45, 2.75) is 50.3 Å². The van der Waals surface area contributed by atoms with Gasteiger partial charge in [-0.15, -0.1) is 0 Å². The van der Waals surface area contributed by atoms with Crippen molar-refractivity contribution in [3.8, 4) is 5.75 Å². The molecule has 136 valence electrons. The fourth-order valence-corrected chi connectivity index (χ4v) is 3.55. The molecule has 1 aliphatic carbocycles. The Balaban J connectivity index is 1.30. The molecule has 1 saturated carbocycles. The fourth-order valence-electron chi connectivity index (χ4n) is 3.55. The Bertz CT molecular complexity index is 729. The lowest BCUT2D eigenvalue weighted by Gasteiger charge is -2.14. The van der Waals surface area contributed by atoms with Crippen LogP contribution in [0.4, 0.5) is 5.69 Å². The van der Waals surface area contributed by atoms with Gasteiger partial charge >= 0.3 is 0 Å². The second-order valence-electron chi connectivity index (χ2n) is 6.92. The molecule has 0 bridgehead atoms. The number of carbonyl (C=O) groups is 1. The summed E-state index contributed by atoms with van der Waals surface area (Å²) < 4.78 is 5.96. The molecule has 1 amide bonds. The van der Waals surface area contributed by atoms with E-state index in [0.29, 0.717) is 12.5 Å². The maximum atomic E-state index is 12.5. The largest absolute Gasteiger partial charge is 0.490 e. The molecule has 3 N–H and O–H groups in total. The van der Waals surface area contributed by atoms with Crippen LogP contribution in [0.5, 0.6) is 5.75 Å². The topological polar surface area (TPSA) is 75.3 Å². The fraction of sp³-hybridized carbons (Fsp3) is 0.400. The average molecular weight is 352 g/mol. The molecule has 1 aliphatic heterocycles. The van der Waals surface area contributed by atoms with Gasteiger partial charge in [0, 0.05) is 11.9 Å². The van der Waals surface area contributed by atoms with Gasteiger partial charge in [-0.25, -0.2) is 10.9 Å². The average Bonchev–Trinajstić information content (AvgIpc) is 3.36. The lowest BCUT2D eigenvalue weighted by atomic mass is 10.1. The van der Waals surface area contributed by atoms with Crippen LogP contribution in [0.2, 0.25) is 0 Å². The lowest BCUT2D eigenvalue weighted by Crippen LogP contribution is -2.39. The van der Waals surface area contributed by atoms with E-state index in [1.165, 1.54) is 12.8 Å². The number of amides is 1. The molecule has 6 nitrogen and oxygen atoms in total. The van der Waals surface area contributed by atoms with E-state index in [0.717, 1.165) is 30.0 Å². The van der Waals surface area contributed by atoms with Crippen molar-refractivity contribution in [2.75, 3.05) is 5.32 Å². The molecule has 1 aromatic heterocycles. The summed E-state index contributed by atoms with van der Waals surface area (Å²) in [5.74, 6) is 0.811. The van der Waals surface area contributed by atoms with Crippen LogP contribution in [0.3, 0.4) is 0 Å². The van der Waals surface area contributed by atoms with Crippen molar-refractivity contribution in [3.05, 3.63) is 54.4 Å². The van der Waals surface area contributed by atoms with Crippen molar-refractivity contribution in [2.24, 2.45) is 0 Å². The van der Waals surface area contributed by atoms with Crippen LogP contribution in [0.1, 0.15) is 43.8 Å². The standard InChI is InChI=1S/C20H24N4O2/c25-20(19-13-18(23-24-19)17-7-3-4-12-21-17)22-14-8-10-16(11-9-14)26-15-5-1-2-6-15/h3-4,7-12,15,18-19,23-24H,1-2,5-6,13H2,(H,22,25). The highest BCUT2D eigenvalue weighted by Gasteiger charge is 2.30. The van der Waals surface area contributed by atoms with Gasteiger partial charge in [0.05, 0.1) is 17.8 Å². The molecular formula is C20H24N4O2. The SMILES string of the molecule is O=C(Nc1ccc(OC2CCCC2)cc1)C1CC(c2ccccn2)NN1. The van der Waals surface area contributed by atoms with Gasteiger partial charge < -0.3 is 10.1 Å². The highest BCUT2D eigenvalue weighted by Crippen LogP contribution is 2.25. The predicted molar refractivity (Wildman–Crippen MR) is 99.6 cm³/mol. The molecule has 26 heavy (non-hydrogen) atoms. The smallest absolute Gasteiger partial charge is 0.242 e. The third kappa shape index (κ3) is 4.03. The van der Waals surface area contributed by atoms with Gasteiger partial charge in [-0.3, -0.25) is 9.78 Å². The summed E-state index contributed by atoms with van der Waals surface area (Å²) in [4.78, 5) is 16.8. The molecule has 2 fully saturated rings. The number of rotatable bonds is 5. The van der Waals surface area contributed by atoms with Crippen LogP contribution < -0.4 is 20.9 Å². The lowest BCUT2D eigenvalue weighted by molar-refractivity contribution is -0.117. The number of nitrogens with zero attached hydrogens (tertiary/aromatic N) is 1. The zero-order valence-corrected chi connectivity index (χ0v) is 14.7. The van der Waals surface area contributed by atoms with E-state index >= 15 is 0 Å². The number of hydrazine groups is 1. The first kappa shape index (κ1) is 17.0. The highest BCUT2D eigenvalue weighted by molar-refractivity contribution is 5.95. The second kappa shape index (κ2) is 7.85. The van der Waals surface area contributed by atoms with E-state index < -0.39 is 0 Å². The van der Waals surface area contributed by atoms with E-state index in [1.807, 2.05) is 42.5 Å². The maximum absolute atomic E-state index is 12.5. The van der Waals surface area contributed by atoms with Gasteiger partial charge in [0.25, 0.3) is 0 Å². The summed E-state index contributed by atoms with van der Waals surface area (Å²) in [6, 6.07) is 13.2. The number of aromatic nitrogens is 1. The van der Waals surface area contributed by atoms with E-state index in [2.05, 4.69) is 21.2 Å². The first-order chi connectivity index (χ1) is 12.8. The number of pyridine rings is 1. The zero-order valence-electron chi connectivity index (χ0n) is 14.7. The van der Waals surface area contributed by atoms with Gasteiger partial charge in [0.2, 0.25) is 5.91 Å². The van der Waals surface area contributed by atoms with Gasteiger partial charge in [-0.2, -0.15) is 0 Å². The van der Waals surface area contributed by atoms with Crippen LogP contribution in [0.25, 0.3) is 0 Å². The van der Waals surface area contributed by atoms with Crippen molar-refractivity contribution < 1.29 is 9.53 Å². The second-order valence-corrected chi connectivity index (χ2v) is 6.92. The summed E-state index contributed by atoms with van der Waals surface area (Å²) in [7, 11) is 0. The molecule has 2 heterocycles. The minimum Gasteiger partial charge on any atom is -0.490 e. The number of ether oxygens (including phenoxy) is 1. The molecule has 2 aromatic rings. The van der Waals surface area contributed by atoms with E-state index in [1.54, 1.807) is 6.20 Å². The number of benzene rings is 1. The number of hydrogen-bond acceptors (Lipinski definition) is 5. The normalized spacial score (nSPS) is 23.1. The molecule has 2 unspecified atom stereocenters. The number of hydrogen-bond donors (Lipinski definition) is 3. The summed E-state index contributed by atoms with van der Waals surface area (Å²) in [6.45, 7) is 0. The van der Waals surface area contributed by atoms with Crippen LogP contribution in [-0.4, -0.2) is 23.0 Å². The number of carbonyl (C=O) groups excluding carboxylic acids is 1. The summed E-state index contributed by atoms with van der Waals surface area (Å²) in [5, 5.41) is 2.96. The number of nitrogens with one attached hydrogen (secondary N) is 3. The Morgan fingerprint density at radius 2 is 1.88 bits per heavy atom. The maximum Gasteiger partial charge on any atom is 0.242 e. The molecule has 1 aromatic carbocycles. The van der Waals surface area contributed by atoms with E-state index in [-0.39, 0.29) is 18.0 Å². The molecular weight excluding hydrogens is 328 g/mol. The van der Waals surface area contributed by atoms with Gasteiger partial charge in [-0.1, -0.05) is 6.07 Å². The Labute approximate surface area is 153 Å². The highest BCUT2D eigenvalue weighted by atomic mass is 16.5. The molecule has 1 saturated heterocycles. The third-order valence-corrected chi connectivity index (χ3v) is 4.99. The van der Waals surface area contributed by atoms with Crippen molar-refractivity contribution in [3.63, 3.8) is 0 Å². The predicted octanol–water partition coefficient (Wildman–Crippen LogP) is 2.95. The molecule has 0 radical (unpaired) electrons. The Hall–Kier alpha value is -2.44. The van der Waals surface area contributed by atoms with Gasteiger partial charge in [0.15, 0.2) is 0 Å². The quantitative estimate of drug-likeness (QED) is 0.771. The Morgan fingerprint density at radius 1 is 1.08 bits per heavy atom. The van der Waals surface area contributed by atoms with Crippen molar-refractivity contribution >= 4 is 11.6 Å². The van der Waals surface area contributed by atoms with Crippen LogP contribution >= 0.6 is 0 Å². The van der Waals surface area contributed by atoms with Crippen LogP contribution in [-0.2, 0) is 4.79 Å².